The number of benzene rings is 2. The van der Waals surface area contributed by atoms with E-state index in [1.54, 1.807) is 25.1 Å². The Bertz CT molecular complexity index is 1070. The van der Waals surface area contributed by atoms with Crippen molar-refractivity contribution in [2.75, 3.05) is 13.2 Å². The number of carbonyl (C=O) groups is 1. The fourth-order valence-corrected chi connectivity index (χ4v) is 3.63. The molecule has 2 heterocycles. The first-order chi connectivity index (χ1) is 14.6. The molecule has 0 radical (unpaired) electrons. The number of aryl methyl sites for hydroxylation is 1. The summed E-state index contributed by atoms with van der Waals surface area (Å²) in [4.78, 5) is 17.6. The van der Waals surface area contributed by atoms with Gasteiger partial charge in [-0.05, 0) is 42.3 Å². The molecule has 164 valence electrons. The number of hydrogen-bond donors (Lipinski definition) is 1. The van der Waals surface area contributed by atoms with Gasteiger partial charge in [-0.2, -0.15) is 13.2 Å². The van der Waals surface area contributed by atoms with Crippen LogP contribution in [0.25, 0.3) is 0 Å². The molecule has 4 rings (SSSR count). The van der Waals surface area contributed by atoms with Crippen LogP contribution in [0.5, 0.6) is 0 Å². The van der Waals surface area contributed by atoms with E-state index >= 15 is 0 Å². The third-order valence-electron chi connectivity index (χ3n) is 5.18. The number of alkyl halides is 3. The van der Waals surface area contributed by atoms with E-state index in [-0.39, 0.29) is 23.9 Å². The van der Waals surface area contributed by atoms with Crippen molar-refractivity contribution in [3.63, 3.8) is 0 Å². The van der Waals surface area contributed by atoms with E-state index in [2.05, 4.69) is 10.5 Å². The molecule has 2 aromatic rings. The number of rotatable bonds is 4. The fraction of sp³-hybridized carbons (Fsp3) is 0.333. The summed E-state index contributed by atoms with van der Waals surface area (Å²) < 4.78 is 58.7. The van der Waals surface area contributed by atoms with Crippen LogP contribution in [0.3, 0.4) is 0 Å². The second kappa shape index (κ2) is 8.12. The highest BCUT2D eigenvalue weighted by Gasteiger charge is 2.35. The molecule has 2 aliphatic rings. The van der Waals surface area contributed by atoms with Crippen LogP contribution in [0.4, 0.5) is 17.6 Å². The second-order valence-electron chi connectivity index (χ2n) is 7.43. The third-order valence-corrected chi connectivity index (χ3v) is 5.45. The van der Waals surface area contributed by atoms with E-state index in [1.165, 1.54) is 0 Å². The first-order valence-electron chi connectivity index (χ1n) is 9.42. The van der Waals surface area contributed by atoms with Crippen molar-refractivity contribution < 1.29 is 31.9 Å². The molecule has 1 amide bonds. The predicted molar refractivity (Wildman–Crippen MR) is 105 cm³/mol. The number of oxime groups is 1. The van der Waals surface area contributed by atoms with E-state index in [0.29, 0.717) is 47.7 Å². The van der Waals surface area contributed by atoms with Gasteiger partial charge in [-0.15, -0.1) is 0 Å². The Labute approximate surface area is 180 Å². The van der Waals surface area contributed by atoms with Crippen molar-refractivity contribution >= 4 is 23.2 Å². The maximum atomic E-state index is 14.4. The molecule has 2 aliphatic heterocycles. The number of halogens is 5. The summed E-state index contributed by atoms with van der Waals surface area (Å²) in [6.45, 7) is 2.72. The van der Waals surface area contributed by atoms with Gasteiger partial charge in [-0.1, -0.05) is 22.8 Å². The smallest absolute Gasteiger partial charge is 0.387 e. The van der Waals surface area contributed by atoms with Gasteiger partial charge in [-0.25, -0.2) is 4.39 Å². The van der Waals surface area contributed by atoms with Gasteiger partial charge in [0.2, 0.25) is 0 Å². The van der Waals surface area contributed by atoms with Crippen molar-refractivity contribution in [3.05, 3.63) is 69.0 Å². The number of carbonyl (C=O) groups excluding carboxylic acids is 1. The molecule has 1 atom stereocenters. The number of nitrogens with zero attached hydrogens (tertiary/aromatic N) is 1. The largest absolute Gasteiger partial charge is 0.416 e. The van der Waals surface area contributed by atoms with E-state index < -0.39 is 28.7 Å². The summed E-state index contributed by atoms with van der Waals surface area (Å²) in [7, 11) is 0. The lowest BCUT2D eigenvalue weighted by molar-refractivity contribution is -0.137. The SMILES string of the molecule is Cc1cc(C2=NOC(c3cc(C(F)(F)F)cc(Cl)c3F)C2)ccc1C(=O)NC1COC1. The summed E-state index contributed by atoms with van der Waals surface area (Å²) in [5.41, 5.74) is 0.863. The van der Waals surface area contributed by atoms with Gasteiger partial charge < -0.3 is 14.9 Å². The zero-order valence-electron chi connectivity index (χ0n) is 16.2. The minimum absolute atomic E-state index is 0.00544. The second-order valence-corrected chi connectivity index (χ2v) is 7.84. The average Bonchev–Trinajstić information content (AvgIpc) is 3.15. The van der Waals surface area contributed by atoms with Crippen molar-refractivity contribution in [1.82, 2.24) is 5.32 Å². The minimum atomic E-state index is -4.67. The standard InChI is InChI=1S/C21H17ClF4N2O3/c1-10-4-11(2-3-14(10)20(29)27-13-8-30-9-13)17-7-18(31-28-17)15-5-12(21(24,25)26)6-16(22)19(15)23/h2-6,13,18H,7-9H2,1H3,(H,27,29). The van der Waals surface area contributed by atoms with Gasteiger partial charge >= 0.3 is 6.18 Å². The molecule has 1 N–H and O–H groups in total. The zero-order chi connectivity index (χ0) is 22.3. The molecule has 10 heteroatoms. The van der Waals surface area contributed by atoms with Gasteiger partial charge in [-0.3, -0.25) is 4.79 Å². The Morgan fingerprint density at radius 3 is 2.58 bits per heavy atom. The van der Waals surface area contributed by atoms with Crippen molar-refractivity contribution in [1.29, 1.82) is 0 Å². The summed E-state index contributed by atoms with van der Waals surface area (Å²) >= 11 is 5.66. The van der Waals surface area contributed by atoms with Crippen LogP contribution in [0.1, 0.15) is 45.1 Å². The van der Waals surface area contributed by atoms with E-state index in [9.17, 15) is 22.4 Å². The normalized spacial score (nSPS) is 18.9. The van der Waals surface area contributed by atoms with Gasteiger partial charge in [0.05, 0.1) is 35.6 Å². The Morgan fingerprint density at radius 2 is 1.97 bits per heavy atom. The molecule has 5 nitrogen and oxygen atoms in total. The van der Waals surface area contributed by atoms with Crippen LogP contribution in [0, 0.1) is 12.7 Å². The van der Waals surface area contributed by atoms with E-state index in [4.69, 9.17) is 21.2 Å². The number of hydrogen-bond acceptors (Lipinski definition) is 4. The van der Waals surface area contributed by atoms with Crippen molar-refractivity contribution in [2.45, 2.75) is 31.7 Å². The molecule has 1 unspecified atom stereocenters. The highest BCUT2D eigenvalue weighted by Crippen LogP contribution is 2.38. The van der Waals surface area contributed by atoms with Crippen LogP contribution >= 0.6 is 11.6 Å². The number of amides is 1. The van der Waals surface area contributed by atoms with Gasteiger partial charge in [0.25, 0.3) is 5.91 Å². The molecule has 0 saturated carbocycles. The molecular weight excluding hydrogens is 440 g/mol. The molecular formula is C21H17ClF4N2O3. The molecule has 2 aromatic carbocycles. The molecule has 0 bridgehead atoms. The molecule has 0 spiro atoms. The molecule has 0 aliphatic carbocycles. The van der Waals surface area contributed by atoms with Crippen LogP contribution in [-0.2, 0) is 15.8 Å². The Hall–Kier alpha value is -2.65. The van der Waals surface area contributed by atoms with Crippen LogP contribution < -0.4 is 5.32 Å². The van der Waals surface area contributed by atoms with Gasteiger partial charge in [0.15, 0.2) is 6.10 Å². The zero-order valence-corrected chi connectivity index (χ0v) is 17.0. The topological polar surface area (TPSA) is 59.9 Å². The molecule has 1 saturated heterocycles. The van der Waals surface area contributed by atoms with Crippen LogP contribution in [0.15, 0.2) is 35.5 Å². The predicted octanol–water partition coefficient (Wildman–Crippen LogP) is 4.80. The Balaban J connectivity index is 1.52. The van der Waals surface area contributed by atoms with E-state index in [1.807, 2.05) is 0 Å². The highest BCUT2D eigenvalue weighted by molar-refractivity contribution is 6.30. The van der Waals surface area contributed by atoms with Crippen molar-refractivity contribution in [3.8, 4) is 0 Å². The molecule has 0 aromatic heterocycles. The van der Waals surface area contributed by atoms with Gasteiger partial charge in [0.1, 0.15) is 5.82 Å². The van der Waals surface area contributed by atoms with E-state index in [0.717, 1.165) is 0 Å². The summed E-state index contributed by atoms with van der Waals surface area (Å²) in [5.74, 6) is -1.19. The lowest BCUT2D eigenvalue weighted by Crippen LogP contribution is -2.48. The molecule has 31 heavy (non-hydrogen) atoms. The summed E-state index contributed by atoms with van der Waals surface area (Å²) in [6, 6.07) is 6.25. The van der Waals surface area contributed by atoms with Crippen molar-refractivity contribution in [2.24, 2.45) is 5.16 Å². The quantitative estimate of drug-likeness (QED) is 0.672. The van der Waals surface area contributed by atoms with Crippen LogP contribution in [-0.4, -0.2) is 30.9 Å². The van der Waals surface area contributed by atoms with Gasteiger partial charge in [0, 0.05) is 17.5 Å². The fourth-order valence-electron chi connectivity index (χ4n) is 3.40. The summed E-state index contributed by atoms with van der Waals surface area (Å²) in [6.07, 6.45) is -5.66. The maximum Gasteiger partial charge on any atom is 0.416 e. The van der Waals surface area contributed by atoms with Crippen LogP contribution in [0.2, 0.25) is 5.02 Å². The monoisotopic (exact) mass is 456 g/mol. The Kier molecular flexibility index (Phi) is 5.65. The third kappa shape index (κ3) is 4.38. The first-order valence-corrected chi connectivity index (χ1v) is 9.79. The lowest BCUT2D eigenvalue weighted by Gasteiger charge is -2.27. The Morgan fingerprint density at radius 1 is 1.23 bits per heavy atom. The summed E-state index contributed by atoms with van der Waals surface area (Å²) in [5, 5.41) is 6.14. The first kappa shape index (κ1) is 21.6. The number of ether oxygens (including phenoxy) is 1. The molecule has 1 fully saturated rings. The minimum Gasteiger partial charge on any atom is -0.387 e. The maximum absolute atomic E-state index is 14.4. The highest BCUT2D eigenvalue weighted by atomic mass is 35.5. The average molecular weight is 457 g/mol. The lowest BCUT2D eigenvalue weighted by atomic mass is 9.96. The number of nitrogens with one attached hydrogen (secondary N) is 1.